The predicted octanol–water partition coefficient (Wildman–Crippen LogP) is 2.53. The van der Waals surface area contributed by atoms with E-state index in [1.165, 1.54) is 6.42 Å². The van der Waals surface area contributed by atoms with Crippen LogP contribution in [0, 0.1) is 5.92 Å². The van der Waals surface area contributed by atoms with Crippen LogP contribution in [0.25, 0.3) is 0 Å². The van der Waals surface area contributed by atoms with Gasteiger partial charge in [0, 0.05) is 20.0 Å². The molecule has 1 aliphatic rings. The van der Waals surface area contributed by atoms with Gasteiger partial charge in [-0.15, -0.1) is 0 Å². The third-order valence-corrected chi connectivity index (χ3v) is 3.97. The average Bonchev–Trinajstić information content (AvgIpc) is 2.87. The first-order chi connectivity index (χ1) is 9.55. The quantitative estimate of drug-likeness (QED) is 0.863. The van der Waals surface area contributed by atoms with Crippen LogP contribution in [-0.4, -0.2) is 28.3 Å². The number of aromatic nitrogens is 2. The summed E-state index contributed by atoms with van der Waals surface area (Å²) in [6, 6.07) is 0. The van der Waals surface area contributed by atoms with Crippen molar-refractivity contribution in [2.75, 3.05) is 7.11 Å². The van der Waals surface area contributed by atoms with Gasteiger partial charge in [-0.25, -0.2) is 0 Å². The van der Waals surface area contributed by atoms with Gasteiger partial charge in [-0.1, -0.05) is 31.3 Å². The number of aliphatic carboxylic acids is 1. The summed E-state index contributed by atoms with van der Waals surface area (Å²) in [7, 11) is 1.69. The molecule has 2 rings (SSSR count). The van der Waals surface area contributed by atoms with E-state index in [4.69, 9.17) is 14.4 Å². The lowest BCUT2D eigenvalue weighted by Gasteiger charge is -2.32. The summed E-state index contributed by atoms with van der Waals surface area (Å²) in [4.78, 5) is 15.1. The van der Waals surface area contributed by atoms with E-state index < -0.39 is 11.6 Å². The fourth-order valence-electron chi connectivity index (χ4n) is 2.83. The lowest BCUT2D eigenvalue weighted by atomic mass is 9.84. The van der Waals surface area contributed by atoms with Gasteiger partial charge in [0.2, 0.25) is 11.7 Å². The number of nitrogens with zero attached hydrogens (tertiary/aromatic N) is 2. The molecule has 6 heteroatoms. The summed E-state index contributed by atoms with van der Waals surface area (Å²) < 4.78 is 10.9. The highest BCUT2D eigenvalue weighted by atomic mass is 16.5. The molecule has 1 atom stereocenters. The average molecular weight is 282 g/mol. The molecule has 0 aromatic carbocycles. The summed E-state index contributed by atoms with van der Waals surface area (Å²) in [6.07, 6.45) is 5.83. The molecule has 112 valence electrons. The van der Waals surface area contributed by atoms with Gasteiger partial charge in [0.05, 0.1) is 0 Å². The van der Waals surface area contributed by atoms with Crippen LogP contribution in [0.1, 0.15) is 57.2 Å². The fraction of sp³-hybridized carbons (Fsp3) is 0.786. The van der Waals surface area contributed by atoms with E-state index in [1.54, 1.807) is 7.11 Å². The smallest absolute Gasteiger partial charge is 0.303 e. The summed E-state index contributed by atoms with van der Waals surface area (Å²) in [5, 5.41) is 12.8. The number of methoxy groups -OCH3 is 1. The standard InChI is InChI=1S/C14H22N2O4/c1-10(9-12(17)18)8-11-15-13(16-20-11)14(19-2)6-4-3-5-7-14/h10H,3-9H2,1-2H3,(H,17,18). The Balaban J connectivity index is 2.05. The van der Waals surface area contributed by atoms with Crippen molar-refractivity contribution in [3.05, 3.63) is 11.7 Å². The molecule has 6 nitrogen and oxygen atoms in total. The summed E-state index contributed by atoms with van der Waals surface area (Å²) >= 11 is 0. The van der Waals surface area contributed by atoms with Crippen molar-refractivity contribution in [1.82, 2.24) is 10.1 Å². The Labute approximate surface area is 118 Å². The molecular formula is C14H22N2O4. The van der Waals surface area contributed by atoms with E-state index in [2.05, 4.69) is 10.1 Å². The second-order valence-electron chi connectivity index (χ2n) is 5.68. The van der Waals surface area contributed by atoms with Crippen molar-refractivity contribution >= 4 is 5.97 Å². The zero-order valence-electron chi connectivity index (χ0n) is 12.1. The highest BCUT2D eigenvalue weighted by molar-refractivity contribution is 5.66. The van der Waals surface area contributed by atoms with E-state index in [1.807, 2.05) is 6.92 Å². The van der Waals surface area contributed by atoms with Crippen molar-refractivity contribution in [1.29, 1.82) is 0 Å². The van der Waals surface area contributed by atoms with E-state index in [0.29, 0.717) is 18.1 Å². The molecule has 1 unspecified atom stereocenters. The van der Waals surface area contributed by atoms with Crippen molar-refractivity contribution in [2.45, 2.75) is 57.5 Å². The molecule has 0 bridgehead atoms. The molecule has 1 aromatic heterocycles. The van der Waals surface area contributed by atoms with Gasteiger partial charge in [0.15, 0.2) is 0 Å². The number of hydrogen-bond donors (Lipinski definition) is 1. The monoisotopic (exact) mass is 282 g/mol. The van der Waals surface area contributed by atoms with E-state index in [0.717, 1.165) is 25.7 Å². The Morgan fingerprint density at radius 3 is 2.75 bits per heavy atom. The van der Waals surface area contributed by atoms with Crippen LogP contribution >= 0.6 is 0 Å². The SMILES string of the molecule is COC1(c2noc(CC(C)CC(=O)O)n2)CCCCC1. The Hall–Kier alpha value is -1.43. The Bertz CT molecular complexity index is 452. The number of carboxylic acid groups (broad SMARTS) is 1. The number of carbonyl (C=O) groups is 1. The molecule has 0 aliphatic heterocycles. The van der Waals surface area contributed by atoms with Crippen LogP contribution in [0.15, 0.2) is 4.52 Å². The van der Waals surface area contributed by atoms with Gasteiger partial charge in [-0.3, -0.25) is 4.79 Å². The normalized spacial score (nSPS) is 19.7. The van der Waals surface area contributed by atoms with Gasteiger partial charge in [0.25, 0.3) is 0 Å². The number of hydrogen-bond acceptors (Lipinski definition) is 5. The van der Waals surface area contributed by atoms with E-state index in [-0.39, 0.29) is 12.3 Å². The van der Waals surface area contributed by atoms with Gasteiger partial charge >= 0.3 is 5.97 Å². The van der Waals surface area contributed by atoms with Gasteiger partial charge in [-0.2, -0.15) is 4.98 Å². The largest absolute Gasteiger partial charge is 0.481 e. The first kappa shape index (κ1) is 15.0. The van der Waals surface area contributed by atoms with E-state index >= 15 is 0 Å². The van der Waals surface area contributed by atoms with Gasteiger partial charge < -0.3 is 14.4 Å². The molecule has 0 amide bonds. The number of carboxylic acids is 1. The molecule has 1 heterocycles. The molecule has 1 aliphatic carbocycles. The lowest BCUT2D eigenvalue weighted by molar-refractivity contribution is -0.137. The molecule has 20 heavy (non-hydrogen) atoms. The van der Waals surface area contributed by atoms with Gasteiger partial charge in [0.1, 0.15) is 5.60 Å². The fourth-order valence-corrected chi connectivity index (χ4v) is 2.83. The Morgan fingerprint density at radius 1 is 1.45 bits per heavy atom. The van der Waals surface area contributed by atoms with Gasteiger partial charge in [-0.05, 0) is 18.8 Å². The molecule has 1 N–H and O–H groups in total. The number of ether oxygens (including phenoxy) is 1. The van der Waals surface area contributed by atoms with Crippen molar-refractivity contribution in [3.63, 3.8) is 0 Å². The minimum absolute atomic E-state index is 0.0225. The first-order valence-electron chi connectivity index (χ1n) is 7.16. The number of rotatable bonds is 6. The van der Waals surface area contributed by atoms with Crippen LogP contribution in [0.3, 0.4) is 0 Å². The summed E-state index contributed by atoms with van der Waals surface area (Å²) in [5.41, 5.74) is -0.421. The molecule has 1 aromatic rings. The topological polar surface area (TPSA) is 85.5 Å². The molecule has 0 radical (unpaired) electrons. The molecule has 1 fully saturated rings. The maximum Gasteiger partial charge on any atom is 0.303 e. The Morgan fingerprint density at radius 2 is 2.15 bits per heavy atom. The Kier molecular flexibility index (Phi) is 4.75. The maximum atomic E-state index is 10.7. The highest BCUT2D eigenvalue weighted by Gasteiger charge is 2.38. The van der Waals surface area contributed by atoms with Crippen LogP contribution in [-0.2, 0) is 21.6 Å². The van der Waals surface area contributed by atoms with Crippen LogP contribution in [0.2, 0.25) is 0 Å². The third-order valence-electron chi connectivity index (χ3n) is 3.97. The zero-order valence-corrected chi connectivity index (χ0v) is 12.1. The maximum absolute atomic E-state index is 10.7. The highest BCUT2D eigenvalue weighted by Crippen LogP contribution is 2.38. The second-order valence-corrected chi connectivity index (χ2v) is 5.68. The third kappa shape index (κ3) is 3.36. The van der Waals surface area contributed by atoms with E-state index in [9.17, 15) is 4.79 Å². The summed E-state index contributed by atoms with van der Waals surface area (Å²) in [5.74, 6) is 0.275. The minimum atomic E-state index is -0.808. The van der Waals surface area contributed by atoms with Crippen LogP contribution in [0.4, 0.5) is 0 Å². The zero-order chi connectivity index (χ0) is 14.6. The van der Waals surface area contributed by atoms with Crippen LogP contribution < -0.4 is 0 Å². The first-order valence-corrected chi connectivity index (χ1v) is 7.16. The lowest BCUT2D eigenvalue weighted by Crippen LogP contribution is -2.32. The van der Waals surface area contributed by atoms with Crippen molar-refractivity contribution < 1.29 is 19.2 Å². The van der Waals surface area contributed by atoms with Crippen molar-refractivity contribution in [2.24, 2.45) is 5.92 Å². The van der Waals surface area contributed by atoms with Crippen molar-refractivity contribution in [3.8, 4) is 0 Å². The van der Waals surface area contributed by atoms with Crippen LogP contribution in [0.5, 0.6) is 0 Å². The molecule has 1 saturated carbocycles. The predicted molar refractivity (Wildman–Crippen MR) is 71.2 cm³/mol. The molecular weight excluding hydrogens is 260 g/mol. The molecule has 0 saturated heterocycles. The second kappa shape index (κ2) is 6.35. The molecule has 0 spiro atoms. The minimum Gasteiger partial charge on any atom is -0.481 e. The summed E-state index contributed by atoms with van der Waals surface area (Å²) in [6.45, 7) is 1.87.